The van der Waals surface area contributed by atoms with Crippen molar-refractivity contribution < 1.29 is 4.79 Å². The summed E-state index contributed by atoms with van der Waals surface area (Å²) in [4.78, 5) is 12.2. The predicted octanol–water partition coefficient (Wildman–Crippen LogP) is 3.31. The third-order valence-electron chi connectivity index (χ3n) is 3.59. The Morgan fingerprint density at radius 2 is 1.95 bits per heavy atom. The first kappa shape index (κ1) is 15.1. The smallest absolute Gasteiger partial charge is 0.224 e. The van der Waals surface area contributed by atoms with Gasteiger partial charge in [0.15, 0.2) is 0 Å². The van der Waals surface area contributed by atoms with Gasteiger partial charge >= 0.3 is 0 Å². The standard InChI is InChI=1S/C18H22N2O/c1-12-7-8-13(2)17(9-12)14(3)20-18(21)11-15-5-4-6-16(19)10-15/h4-10,14H,11,19H2,1-3H3,(H,20,21). The number of carbonyl (C=O) groups excluding carboxylic acids is 1. The number of nitrogens with two attached hydrogens (primary N) is 1. The molecule has 1 amide bonds. The lowest BCUT2D eigenvalue weighted by atomic mass is 9.99. The lowest BCUT2D eigenvalue weighted by molar-refractivity contribution is -0.121. The van der Waals surface area contributed by atoms with Crippen LogP contribution in [-0.2, 0) is 11.2 Å². The molecule has 0 heterocycles. The van der Waals surface area contributed by atoms with Crippen molar-refractivity contribution in [3.63, 3.8) is 0 Å². The number of carbonyl (C=O) groups is 1. The summed E-state index contributed by atoms with van der Waals surface area (Å²) in [6, 6.07) is 13.7. The third-order valence-corrected chi connectivity index (χ3v) is 3.59. The second-order valence-electron chi connectivity index (χ2n) is 5.57. The number of amides is 1. The summed E-state index contributed by atoms with van der Waals surface area (Å²) < 4.78 is 0. The zero-order valence-electron chi connectivity index (χ0n) is 12.8. The second kappa shape index (κ2) is 6.44. The van der Waals surface area contributed by atoms with E-state index in [2.05, 4.69) is 37.4 Å². The number of nitrogens with one attached hydrogen (secondary N) is 1. The average Bonchev–Trinajstić information content (AvgIpc) is 2.41. The molecule has 0 saturated heterocycles. The maximum absolute atomic E-state index is 12.2. The summed E-state index contributed by atoms with van der Waals surface area (Å²) in [5, 5.41) is 3.05. The van der Waals surface area contributed by atoms with Crippen LogP contribution in [0.1, 0.15) is 35.2 Å². The highest BCUT2D eigenvalue weighted by molar-refractivity contribution is 5.79. The molecule has 3 nitrogen and oxygen atoms in total. The van der Waals surface area contributed by atoms with Crippen molar-refractivity contribution in [2.24, 2.45) is 0 Å². The van der Waals surface area contributed by atoms with Gasteiger partial charge in [-0.25, -0.2) is 0 Å². The molecule has 0 saturated carbocycles. The van der Waals surface area contributed by atoms with Crippen molar-refractivity contribution in [2.45, 2.75) is 33.2 Å². The minimum Gasteiger partial charge on any atom is -0.399 e. The molecule has 0 spiro atoms. The molecule has 0 aromatic heterocycles. The van der Waals surface area contributed by atoms with Crippen LogP contribution in [0.25, 0.3) is 0 Å². The minimum atomic E-state index is -0.00143. The van der Waals surface area contributed by atoms with Gasteiger partial charge in [0, 0.05) is 5.69 Å². The first-order valence-electron chi connectivity index (χ1n) is 7.16. The van der Waals surface area contributed by atoms with E-state index in [1.165, 1.54) is 11.1 Å². The van der Waals surface area contributed by atoms with E-state index in [0.717, 1.165) is 11.1 Å². The van der Waals surface area contributed by atoms with E-state index in [4.69, 9.17) is 5.73 Å². The molecule has 3 heteroatoms. The van der Waals surface area contributed by atoms with Crippen LogP contribution in [0.3, 0.4) is 0 Å². The molecule has 2 aromatic rings. The quantitative estimate of drug-likeness (QED) is 0.845. The zero-order chi connectivity index (χ0) is 15.4. The van der Waals surface area contributed by atoms with Gasteiger partial charge < -0.3 is 11.1 Å². The molecule has 0 bridgehead atoms. The van der Waals surface area contributed by atoms with Crippen LogP contribution in [0.15, 0.2) is 42.5 Å². The van der Waals surface area contributed by atoms with Crippen LogP contribution in [0.5, 0.6) is 0 Å². The molecule has 110 valence electrons. The Bertz CT molecular complexity index is 649. The number of benzene rings is 2. The molecule has 2 aromatic carbocycles. The molecule has 3 N–H and O–H groups in total. The molecule has 1 atom stereocenters. The highest BCUT2D eigenvalue weighted by atomic mass is 16.1. The fourth-order valence-corrected chi connectivity index (χ4v) is 2.49. The first-order valence-corrected chi connectivity index (χ1v) is 7.16. The molecule has 0 aliphatic heterocycles. The Morgan fingerprint density at radius 1 is 1.19 bits per heavy atom. The summed E-state index contributed by atoms with van der Waals surface area (Å²) in [6.07, 6.45) is 0.347. The van der Waals surface area contributed by atoms with Gasteiger partial charge in [-0.1, -0.05) is 35.9 Å². The van der Waals surface area contributed by atoms with Crippen molar-refractivity contribution in [3.8, 4) is 0 Å². The van der Waals surface area contributed by atoms with Crippen LogP contribution in [0.4, 0.5) is 5.69 Å². The molecule has 0 aliphatic rings. The second-order valence-corrected chi connectivity index (χ2v) is 5.57. The number of rotatable bonds is 4. The Balaban J connectivity index is 2.03. The molecule has 0 aliphatic carbocycles. The maximum atomic E-state index is 12.2. The number of hydrogen-bond acceptors (Lipinski definition) is 2. The Kier molecular flexibility index (Phi) is 4.63. The van der Waals surface area contributed by atoms with E-state index in [1.54, 1.807) is 0 Å². The number of anilines is 1. The Hall–Kier alpha value is -2.29. The van der Waals surface area contributed by atoms with Crippen LogP contribution in [0.2, 0.25) is 0 Å². The molecule has 1 unspecified atom stereocenters. The van der Waals surface area contributed by atoms with Crippen molar-refractivity contribution in [2.75, 3.05) is 5.73 Å². The van der Waals surface area contributed by atoms with E-state index < -0.39 is 0 Å². The van der Waals surface area contributed by atoms with Gasteiger partial charge in [-0.2, -0.15) is 0 Å². The first-order chi connectivity index (χ1) is 9.95. The van der Waals surface area contributed by atoms with Gasteiger partial charge in [0.25, 0.3) is 0 Å². The van der Waals surface area contributed by atoms with E-state index >= 15 is 0 Å². The molecule has 0 fully saturated rings. The van der Waals surface area contributed by atoms with E-state index in [0.29, 0.717) is 12.1 Å². The zero-order valence-corrected chi connectivity index (χ0v) is 12.8. The highest BCUT2D eigenvalue weighted by Crippen LogP contribution is 2.19. The van der Waals surface area contributed by atoms with Gasteiger partial charge in [-0.3, -0.25) is 4.79 Å². The molecule has 21 heavy (non-hydrogen) atoms. The highest BCUT2D eigenvalue weighted by Gasteiger charge is 2.12. The minimum absolute atomic E-state index is 0.00143. The maximum Gasteiger partial charge on any atom is 0.224 e. The van der Waals surface area contributed by atoms with Crippen LogP contribution >= 0.6 is 0 Å². The van der Waals surface area contributed by atoms with Crippen molar-refractivity contribution in [1.29, 1.82) is 0 Å². The van der Waals surface area contributed by atoms with E-state index in [1.807, 2.05) is 31.2 Å². The fraction of sp³-hybridized carbons (Fsp3) is 0.278. The van der Waals surface area contributed by atoms with Crippen molar-refractivity contribution in [3.05, 3.63) is 64.7 Å². The molecular formula is C18H22N2O. The van der Waals surface area contributed by atoms with Gasteiger partial charge in [0.2, 0.25) is 5.91 Å². The molecule has 2 rings (SSSR count). The largest absolute Gasteiger partial charge is 0.399 e. The summed E-state index contributed by atoms with van der Waals surface area (Å²) in [7, 11) is 0. The normalized spacial score (nSPS) is 12.0. The van der Waals surface area contributed by atoms with Crippen LogP contribution in [0, 0.1) is 13.8 Å². The van der Waals surface area contributed by atoms with Gasteiger partial charge in [-0.15, -0.1) is 0 Å². The summed E-state index contributed by atoms with van der Waals surface area (Å²) in [5.74, 6) is 0.00834. The van der Waals surface area contributed by atoms with Crippen LogP contribution < -0.4 is 11.1 Å². The van der Waals surface area contributed by atoms with Crippen molar-refractivity contribution >= 4 is 11.6 Å². The predicted molar refractivity (Wildman–Crippen MR) is 87.0 cm³/mol. The Morgan fingerprint density at radius 3 is 2.67 bits per heavy atom. The van der Waals surface area contributed by atoms with E-state index in [9.17, 15) is 4.79 Å². The summed E-state index contributed by atoms with van der Waals surface area (Å²) >= 11 is 0. The molecule has 0 radical (unpaired) electrons. The van der Waals surface area contributed by atoms with Crippen molar-refractivity contribution in [1.82, 2.24) is 5.32 Å². The Labute approximate surface area is 126 Å². The average molecular weight is 282 g/mol. The fourth-order valence-electron chi connectivity index (χ4n) is 2.49. The molecular weight excluding hydrogens is 260 g/mol. The van der Waals surface area contributed by atoms with E-state index in [-0.39, 0.29) is 11.9 Å². The monoisotopic (exact) mass is 282 g/mol. The third kappa shape index (κ3) is 4.09. The lowest BCUT2D eigenvalue weighted by Crippen LogP contribution is -2.28. The van der Waals surface area contributed by atoms with Crippen LogP contribution in [-0.4, -0.2) is 5.91 Å². The van der Waals surface area contributed by atoms with Gasteiger partial charge in [0.1, 0.15) is 0 Å². The summed E-state index contributed by atoms with van der Waals surface area (Å²) in [5.41, 5.74) is 10.9. The number of nitrogen functional groups attached to an aromatic ring is 1. The summed E-state index contributed by atoms with van der Waals surface area (Å²) in [6.45, 7) is 6.14. The number of hydrogen-bond donors (Lipinski definition) is 2. The number of aryl methyl sites for hydroxylation is 2. The van der Waals surface area contributed by atoms with Gasteiger partial charge in [0.05, 0.1) is 12.5 Å². The SMILES string of the molecule is Cc1ccc(C)c(C(C)NC(=O)Cc2cccc(N)c2)c1. The topological polar surface area (TPSA) is 55.1 Å². The lowest BCUT2D eigenvalue weighted by Gasteiger charge is -2.17. The van der Waals surface area contributed by atoms with Gasteiger partial charge in [-0.05, 0) is 49.6 Å².